The second-order valence-corrected chi connectivity index (χ2v) is 4.37. The van der Waals surface area contributed by atoms with E-state index in [9.17, 15) is 0 Å². The largest absolute Gasteiger partial charge is 0.288 e. The molecular formula is C12H13N. The van der Waals surface area contributed by atoms with Crippen LogP contribution in [0.4, 0.5) is 0 Å². The van der Waals surface area contributed by atoms with Crippen molar-refractivity contribution in [1.82, 2.24) is 0 Å². The van der Waals surface area contributed by atoms with Crippen LogP contribution in [0.1, 0.15) is 18.9 Å². The maximum absolute atomic E-state index is 4.63. The highest BCUT2D eigenvalue weighted by molar-refractivity contribution is 6.07. The highest BCUT2D eigenvalue weighted by Crippen LogP contribution is 2.58. The van der Waals surface area contributed by atoms with Crippen molar-refractivity contribution >= 4 is 5.71 Å². The molecule has 1 aliphatic heterocycles. The van der Waals surface area contributed by atoms with Gasteiger partial charge in [-0.3, -0.25) is 4.99 Å². The lowest BCUT2D eigenvalue weighted by Gasteiger charge is -2.09. The van der Waals surface area contributed by atoms with Gasteiger partial charge in [0.25, 0.3) is 0 Å². The lowest BCUT2D eigenvalue weighted by Crippen LogP contribution is -2.11. The van der Waals surface area contributed by atoms with Crippen LogP contribution in [0.25, 0.3) is 0 Å². The monoisotopic (exact) mass is 171 g/mol. The number of hydrogen-bond acceptors (Lipinski definition) is 1. The first-order chi connectivity index (χ1) is 6.31. The molecule has 1 heterocycles. The molecule has 0 bridgehead atoms. The van der Waals surface area contributed by atoms with Gasteiger partial charge in [-0.1, -0.05) is 37.3 Å². The summed E-state index contributed by atoms with van der Waals surface area (Å²) in [4.78, 5) is 4.63. The summed E-state index contributed by atoms with van der Waals surface area (Å²) in [7, 11) is 0. The van der Waals surface area contributed by atoms with Crippen LogP contribution < -0.4 is 0 Å². The quantitative estimate of drug-likeness (QED) is 0.615. The van der Waals surface area contributed by atoms with Crippen LogP contribution >= 0.6 is 0 Å². The van der Waals surface area contributed by atoms with E-state index in [4.69, 9.17) is 0 Å². The third kappa shape index (κ3) is 0.902. The lowest BCUT2D eigenvalue weighted by atomic mass is 9.95. The molecule has 0 spiro atoms. The van der Waals surface area contributed by atoms with Crippen molar-refractivity contribution < 1.29 is 0 Å². The number of rotatable bonds is 1. The topological polar surface area (TPSA) is 12.4 Å². The first-order valence-electron chi connectivity index (χ1n) is 4.91. The van der Waals surface area contributed by atoms with E-state index in [2.05, 4.69) is 42.2 Å². The Balaban J connectivity index is 2.03. The minimum atomic E-state index is 0.432. The van der Waals surface area contributed by atoms with Gasteiger partial charge in [0, 0.05) is 17.7 Å². The molecule has 0 aromatic heterocycles. The first-order valence-corrected chi connectivity index (χ1v) is 4.91. The highest BCUT2D eigenvalue weighted by atomic mass is 14.9. The average molecular weight is 171 g/mol. The van der Waals surface area contributed by atoms with Crippen molar-refractivity contribution in [1.29, 1.82) is 0 Å². The van der Waals surface area contributed by atoms with Crippen molar-refractivity contribution in [3.8, 4) is 0 Å². The Morgan fingerprint density at radius 2 is 2.08 bits per heavy atom. The summed E-state index contributed by atoms with van der Waals surface area (Å²) in [5.41, 5.74) is 3.10. The zero-order valence-corrected chi connectivity index (χ0v) is 7.83. The Bertz CT molecular complexity index is 366. The van der Waals surface area contributed by atoms with Crippen molar-refractivity contribution in [2.75, 3.05) is 6.54 Å². The average Bonchev–Trinajstić information content (AvgIpc) is 2.71. The number of fused-ring (bicyclic) bond motifs is 1. The molecule has 3 rings (SSSR count). The van der Waals surface area contributed by atoms with Crippen molar-refractivity contribution in [3.63, 3.8) is 0 Å². The maximum atomic E-state index is 4.63. The number of hydrogen-bond donors (Lipinski definition) is 0. The van der Waals surface area contributed by atoms with Gasteiger partial charge >= 0.3 is 0 Å². The molecular weight excluding hydrogens is 158 g/mol. The fourth-order valence-corrected chi connectivity index (χ4v) is 2.41. The molecule has 1 aromatic carbocycles. The SMILES string of the molecule is CC12CC1CN=C2c1ccccc1. The van der Waals surface area contributed by atoms with E-state index >= 15 is 0 Å². The van der Waals surface area contributed by atoms with E-state index in [1.807, 2.05) is 0 Å². The molecule has 1 aliphatic carbocycles. The zero-order valence-electron chi connectivity index (χ0n) is 7.83. The van der Waals surface area contributed by atoms with E-state index < -0.39 is 0 Å². The molecule has 0 radical (unpaired) electrons. The highest BCUT2D eigenvalue weighted by Gasteiger charge is 2.56. The van der Waals surface area contributed by atoms with Crippen LogP contribution in [0.5, 0.6) is 0 Å². The Hall–Kier alpha value is -1.11. The molecule has 0 saturated heterocycles. The van der Waals surface area contributed by atoms with Gasteiger partial charge in [-0.2, -0.15) is 0 Å². The fraction of sp³-hybridized carbons (Fsp3) is 0.417. The first kappa shape index (κ1) is 7.31. The van der Waals surface area contributed by atoms with Gasteiger partial charge < -0.3 is 0 Å². The molecule has 66 valence electrons. The molecule has 2 aliphatic rings. The lowest BCUT2D eigenvalue weighted by molar-refractivity contribution is 0.725. The molecule has 1 aromatic rings. The Labute approximate surface area is 78.5 Å². The Morgan fingerprint density at radius 3 is 2.62 bits per heavy atom. The Kier molecular flexibility index (Phi) is 1.25. The minimum absolute atomic E-state index is 0.432. The van der Waals surface area contributed by atoms with Gasteiger partial charge in [0.1, 0.15) is 0 Å². The molecule has 1 fully saturated rings. The summed E-state index contributed by atoms with van der Waals surface area (Å²) in [6, 6.07) is 10.6. The summed E-state index contributed by atoms with van der Waals surface area (Å²) < 4.78 is 0. The smallest absolute Gasteiger partial charge is 0.0483 e. The molecule has 0 amide bonds. The van der Waals surface area contributed by atoms with E-state index in [-0.39, 0.29) is 0 Å². The van der Waals surface area contributed by atoms with Crippen molar-refractivity contribution in [3.05, 3.63) is 35.9 Å². The molecule has 2 atom stereocenters. The predicted molar refractivity (Wildman–Crippen MR) is 54.1 cm³/mol. The minimum Gasteiger partial charge on any atom is -0.288 e. The van der Waals surface area contributed by atoms with Gasteiger partial charge in [-0.15, -0.1) is 0 Å². The van der Waals surface area contributed by atoms with E-state index in [1.54, 1.807) is 0 Å². The van der Waals surface area contributed by atoms with Crippen LogP contribution in [0.15, 0.2) is 35.3 Å². The molecule has 1 nitrogen and oxygen atoms in total. The fourth-order valence-electron chi connectivity index (χ4n) is 2.41. The summed E-state index contributed by atoms with van der Waals surface area (Å²) in [5.74, 6) is 0.850. The predicted octanol–water partition coefficient (Wildman–Crippen LogP) is 2.52. The van der Waals surface area contributed by atoms with Gasteiger partial charge in [-0.05, 0) is 17.9 Å². The van der Waals surface area contributed by atoms with Crippen molar-refractivity contribution in [2.24, 2.45) is 16.3 Å². The normalized spacial score (nSPS) is 35.5. The maximum Gasteiger partial charge on any atom is 0.0483 e. The second-order valence-electron chi connectivity index (χ2n) is 4.37. The molecule has 2 unspecified atom stereocenters. The molecule has 1 saturated carbocycles. The van der Waals surface area contributed by atoms with Crippen LogP contribution in [0.3, 0.4) is 0 Å². The number of nitrogens with zero attached hydrogens (tertiary/aromatic N) is 1. The molecule has 1 heteroatoms. The summed E-state index contributed by atoms with van der Waals surface area (Å²) in [6.07, 6.45) is 1.35. The third-order valence-electron chi connectivity index (χ3n) is 3.47. The van der Waals surface area contributed by atoms with Crippen molar-refractivity contribution in [2.45, 2.75) is 13.3 Å². The molecule has 0 N–H and O–H groups in total. The van der Waals surface area contributed by atoms with E-state index in [1.165, 1.54) is 17.7 Å². The van der Waals surface area contributed by atoms with E-state index in [0.29, 0.717) is 5.41 Å². The van der Waals surface area contributed by atoms with Crippen LogP contribution in [0.2, 0.25) is 0 Å². The van der Waals surface area contributed by atoms with Crippen LogP contribution in [-0.4, -0.2) is 12.3 Å². The number of benzene rings is 1. The second kappa shape index (κ2) is 2.22. The van der Waals surface area contributed by atoms with Gasteiger partial charge in [0.15, 0.2) is 0 Å². The summed E-state index contributed by atoms with van der Waals surface area (Å²) in [6.45, 7) is 3.40. The van der Waals surface area contributed by atoms with Gasteiger partial charge in [0.2, 0.25) is 0 Å². The molecule has 13 heavy (non-hydrogen) atoms. The van der Waals surface area contributed by atoms with Gasteiger partial charge in [0.05, 0.1) is 0 Å². The number of aliphatic imine (C=N–C) groups is 1. The van der Waals surface area contributed by atoms with Gasteiger partial charge in [-0.25, -0.2) is 0 Å². The standard InChI is InChI=1S/C12H13N/c1-12-7-10(12)8-13-11(12)9-5-3-2-4-6-9/h2-6,10H,7-8H2,1H3. The summed E-state index contributed by atoms with van der Waals surface area (Å²) >= 11 is 0. The summed E-state index contributed by atoms with van der Waals surface area (Å²) in [5, 5.41) is 0. The third-order valence-corrected chi connectivity index (χ3v) is 3.47. The van der Waals surface area contributed by atoms with Crippen LogP contribution in [0, 0.1) is 11.3 Å². The Morgan fingerprint density at radius 1 is 1.31 bits per heavy atom. The zero-order chi connectivity index (χ0) is 8.89. The van der Waals surface area contributed by atoms with E-state index in [0.717, 1.165) is 12.5 Å². The van der Waals surface area contributed by atoms with Crippen LogP contribution in [-0.2, 0) is 0 Å².